The number of aliphatic carboxylic acids is 1. The summed E-state index contributed by atoms with van der Waals surface area (Å²) in [5.41, 5.74) is 0. The summed E-state index contributed by atoms with van der Waals surface area (Å²) in [5.74, 6) is -3.72. The first kappa shape index (κ1) is 24.3. The highest BCUT2D eigenvalue weighted by Gasteiger charge is 2.34. The summed E-state index contributed by atoms with van der Waals surface area (Å²) in [5, 5.41) is 31.2. The minimum atomic E-state index is -2.71. The van der Waals surface area contributed by atoms with Crippen LogP contribution in [0.5, 0.6) is 0 Å². The first-order valence-corrected chi connectivity index (χ1v) is 10.3. The minimum Gasteiger partial charge on any atom is -0.480 e. The van der Waals surface area contributed by atoms with Gasteiger partial charge in [-0.15, -0.1) is 0 Å². The van der Waals surface area contributed by atoms with Crippen molar-refractivity contribution in [2.75, 3.05) is 19.9 Å². The second-order valence-corrected chi connectivity index (χ2v) is 9.22. The molecule has 3 unspecified atom stereocenters. The van der Waals surface area contributed by atoms with Gasteiger partial charge in [0.25, 0.3) is 5.91 Å². The number of rotatable bonds is 8. The number of nitrogens with zero attached hydrogens (tertiary/aromatic N) is 1. The predicted octanol–water partition coefficient (Wildman–Crippen LogP) is 1.26. The molecule has 4 N–H and O–H groups in total. The van der Waals surface area contributed by atoms with Crippen molar-refractivity contribution in [2.24, 2.45) is 5.92 Å². The Labute approximate surface area is 138 Å². The Morgan fingerprint density at radius 3 is 1.91 bits per heavy atom. The quantitative estimate of drug-likeness (QED) is 0.293. The number of carbonyl (C=O) groups excluding carboxylic acids is 1. The second-order valence-electron chi connectivity index (χ2n) is 5.75. The van der Waals surface area contributed by atoms with Gasteiger partial charge in [0, 0.05) is 6.54 Å². The van der Waals surface area contributed by atoms with Crippen LogP contribution in [0, 0.1) is 5.92 Å². The lowest BCUT2D eigenvalue weighted by atomic mass is 10.0. The molecule has 0 saturated heterocycles. The molecule has 0 aromatic heterocycles. The molecule has 0 aromatic carbocycles. The maximum Gasteiger partial charge on any atom is 0.329 e. The zero-order chi connectivity index (χ0) is 19.0. The van der Waals surface area contributed by atoms with E-state index in [9.17, 15) is 24.5 Å². The van der Waals surface area contributed by atoms with Gasteiger partial charge in [-0.3, -0.25) is 10.0 Å². The van der Waals surface area contributed by atoms with Crippen LogP contribution >= 0.6 is 7.14 Å². The van der Waals surface area contributed by atoms with Gasteiger partial charge in [-0.25, -0.2) is 9.86 Å². The molecule has 0 aromatic rings. The van der Waals surface area contributed by atoms with Gasteiger partial charge in [-0.1, -0.05) is 27.7 Å². The Morgan fingerprint density at radius 2 is 1.61 bits per heavy atom. The fraction of sp³-hybridized carbons (Fsp3) is 0.857. The van der Waals surface area contributed by atoms with Crippen LogP contribution < -0.4 is 5.32 Å². The molecule has 9 heteroatoms. The monoisotopic (exact) mass is 354 g/mol. The molecule has 0 bridgehead atoms. The predicted molar refractivity (Wildman–Crippen MR) is 89.2 cm³/mol. The molecule has 23 heavy (non-hydrogen) atoms. The Hall–Kier alpha value is -0.950. The van der Waals surface area contributed by atoms with Gasteiger partial charge in [0.05, 0.1) is 6.04 Å². The Kier molecular flexibility index (Phi) is 11.4. The van der Waals surface area contributed by atoms with E-state index in [1.54, 1.807) is 13.8 Å². The van der Waals surface area contributed by atoms with Crippen molar-refractivity contribution < 1.29 is 29.6 Å². The molecule has 8 nitrogen and oxygen atoms in total. The average molecular weight is 354 g/mol. The van der Waals surface area contributed by atoms with Gasteiger partial charge >= 0.3 is 5.97 Å². The fourth-order valence-corrected chi connectivity index (χ4v) is 2.14. The van der Waals surface area contributed by atoms with Crippen LogP contribution in [0.4, 0.5) is 0 Å². The number of carboxylic acids is 1. The summed E-state index contributed by atoms with van der Waals surface area (Å²) in [6, 6.07) is -2.27. The smallest absolute Gasteiger partial charge is 0.329 e. The molecule has 0 rings (SSSR count). The summed E-state index contributed by atoms with van der Waals surface area (Å²) in [4.78, 5) is 23.0. The molecule has 0 aliphatic rings. The van der Waals surface area contributed by atoms with E-state index < -0.39 is 42.9 Å². The van der Waals surface area contributed by atoms with Gasteiger partial charge in [-0.05, 0) is 26.2 Å². The summed E-state index contributed by atoms with van der Waals surface area (Å²) >= 11 is 0. The van der Waals surface area contributed by atoms with Crippen molar-refractivity contribution in [1.82, 2.24) is 10.4 Å². The third-order valence-corrected chi connectivity index (χ3v) is 4.69. The van der Waals surface area contributed by atoms with Crippen LogP contribution in [0.25, 0.3) is 0 Å². The molecule has 0 heterocycles. The number of hydrogen-bond acceptors (Lipinski definition) is 6. The highest BCUT2D eigenvalue weighted by molar-refractivity contribution is 7.62. The van der Waals surface area contributed by atoms with E-state index in [0.29, 0.717) is 0 Å². The van der Waals surface area contributed by atoms with E-state index in [2.05, 4.69) is 5.32 Å². The third-order valence-electron chi connectivity index (χ3n) is 3.07. The van der Waals surface area contributed by atoms with E-state index in [1.165, 1.54) is 20.3 Å². The van der Waals surface area contributed by atoms with Crippen LogP contribution in [0.15, 0.2) is 0 Å². The van der Waals surface area contributed by atoms with Gasteiger partial charge in [0.1, 0.15) is 13.0 Å². The SMILES string of the molecule is CC.CC(NCC(O)P(C)(C)=O)C(=O)N(O)C(C(=O)O)C(C)C. The highest BCUT2D eigenvalue weighted by Crippen LogP contribution is 2.40. The lowest BCUT2D eigenvalue weighted by molar-refractivity contribution is -0.191. The van der Waals surface area contributed by atoms with E-state index in [4.69, 9.17) is 5.11 Å². The number of aliphatic hydroxyl groups is 1. The van der Waals surface area contributed by atoms with Crippen molar-refractivity contribution in [3.05, 3.63) is 0 Å². The molecule has 0 saturated carbocycles. The number of hydrogen-bond donors (Lipinski definition) is 4. The van der Waals surface area contributed by atoms with Crippen LogP contribution in [0.3, 0.4) is 0 Å². The van der Waals surface area contributed by atoms with Gasteiger partial charge in [-0.2, -0.15) is 0 Å². The van der Waals surface area contributed by atoms with Crippen molar-refractivity contribution in [2.45, 2.75) is 52.5 Å². The number of carbonyl (C=O) groups is 2. The number of aliphatic hydroxyl groups excluding tert-OH is 1. The minimum absolute atomic E-state index is 0.0928. The molecule has 0 aliphatic heterocycles. The van der Waals surface area contributed by atoms with Gasteiger partial charge in [0.15, 0.2) is 6.04 Å². The Bertz CT molecular complexity index is 423. The van der Waals surface area contributed by atoms with Gasteiger partial charge < -0.3 is 20.1 Å². The van der Waals surface area contributed by atoms with Crippen molar-refractivity contribution in [3.63, 3.8) is 0 Å². The molecule has 0 aliphatic carbocycles. The first-order chi connectivity index (χ1) is 10.4. The largest absolute Gasteiger partial charge is 0.480 e. The third kappa shape index (κ3) is 8.46. The molecular weight excluding hydrogens is 323 g/mol. The highest BCUT2D eigenvalue weighted by atomic mass is 31.2. The number of hydroxylamine groups is 2. The fourth-order valence-electron chi connectivity index (χ4n) is 1.60. The zero-order valence-electron chi connectivity index (χ0n) is 15.0. The molecular formula is C14H31N2O6P. The second kappa shape index (κ2) is 10.8. The molecule has 0 radical (unpaired) electrons. The van der Waals surface area contributed by atoms with E-state index in [0.717, 1.165) is 0 Å². The molecule has 138 valence electrons. The van der Waals surface area contributed by atoms with Crippen molar-refractivity contribution >= 4 is 19.0 Å². The maximum atomic E-state index is 12.0. The number of amides is 1. The normalized spacial score (nSPS) is 15.2. The summed E-state index contributed by atoms with van der Waals surface area (Å²) < 4.78 is 11.6. The summed E-state index contributed by atoms with van der Waals surface area (Å²) in [7, 11) is -2.71. The molecule has 0 fully saturated rings. The van der Waals surface area contributed by atoms with E-state index in [1.807, 2.05) is 13.8 Å². The van der Waals surface area contributed by atoms with E-state index in [-0.39, 0.29) is 11.6 Å². The molecule has 1 amide bonds. The molecule has 3 atom stereocenters. The Balaban J connectivity index is 0. The van der Waals surface area contributed by atoms with Crippen molar-refractivity contribution in [1.29, 1.82) is 0 Å². The van der Waals surface area contributed by atoms with Crippen LogP contribution in [0.2, 0.25) is 0 Å². The maximum absolute atomic E-state index is 12.0. The van der Waals surface area contributed by atoms with Crippen LogP contribution in [-0.2, 0) is 14.2 Å². The standard InChI is InChI=1S/C12H25N2O6P.C2H6/c1-7(2)10(12(17)18)14(19)11(16)8(3)13-6-9(15)21(4,5)20;1-2/h7-10,13,15,19H,6H2,1-5H3,(H,17,18);1-2H3. The lowest BCUT2D eigenvalue weighted by Crippen LogP contribution is -2.53. The Morgan fingerprint density at radius 1 is 1.17 bits per heavy atom. The number of nitrogens with one attached hydrogen (secondary N) is 1. The van der Waals surface area contributed by atoms with Crippen LogP contribution in [0.1, 0.15) is 34.6 Å². The number of carboxylic acid groups (broad SMARTS) is 1. The summed E-state index contributed by atoms with van der Waals surface area (Å²) in [6.07, 6.45) is 0. The zero-order valence-corrected chi connectivity index (χ0v) is 15.9. The van der Waals surface area contributed by atoms with Gasteiger partial charge in [0.2, 0.25) is 0 Å². The van der Waals surface area contributed by atoms with E-state index >= 15 is 0 Å². The lowest BCUT2D eigenvalue weighted by Gasteiger charge is -2.28. The summed E-state index contributed by atoms with van der Waals surface area (Å²) in [6.45, 7) is 11.3. The average Bonchev–Trinajstić information content (AvgIpc) is 2.43. The first-order valence-electron chi connectivity index (χ1n) is 7.60. The topological polar surface area (TPSA) is 127 Å². The molecule has 0 spiro atoms. The van der Waals surface area contributed by atoms with Crippen LogP contribution in [-0.4, -0.2) is 70.2 Å². The van der Waals surface area contributed by atoms with Crippen molar-refractivity contribution in [3.8, 4) is 0 Å².